The zero-order valence-corrected chi connectivity index (χ0v) is 60.2. The van der Waals surface area contributed by atoms with Crippen LogP contribution in [0.1, 0.15) is 361 Å². The summed E-state index contributed by atoms with van der Waals surface area (Å²) >= 11 is 0. The van der Waals surface area contributed by atoms with Crippen molar-refractivity contribution >= 4 is 11.9 Å². The molecular weight excluding hydrogens is 1160 g/mol. The third-order valence-electron chi connectivity index (χ3n) is 18.2. The smallest absolute Gasteiger partial charge is 0.305 e. The Balaban J connectivity index is 1.89. The molecule has 1 amide bonds. The van der Waals surface area contributed by atoms with Crippen molar-refractivity contribution in [2.75, 3.05) is 19.8 Å². The molecule has 1 fully saturated rings. The van der Waals surface area contributed by atoms with Gasteiger partial charge in [-0.2, -0.15) is 0 Å². The molecule has 0 aliphatic carbocycles. The number of aliphatic hydroxyl groups is 5. The number of aliphatic hydroxyl groups excluding tert-OH is 5. The summed E-state index contributed by atoms with van der Waals surface area (Å²) in [6, 6.07) is -0.833. The highest BCUT2D eigenvalue weighted by molar-refractivity contribution is 5.76. The highest BCUT2D eigenvalue weighted by Gasteiger charge is 2.44. The summed E-state index contributed by atoms with van der Waals surface area (Å²) in [5, 5.41) is 54.4. The lowest BCUT2D eigenvalue weighted by atomic mass is 9.99. The Morgan fingerprint density at radius 1 is 0.398 bits per heavy atom. The minimum absolute atomic E-state index is 0.0000688. The van der Waals surface area contributed by atoms with Gasteiger partial charge in [-0.3, -0.25) is 9.59 Å². The summed E-state index contributed by atoms with van der Waals surface area (Å²) in [5.41, 5.74) is 0. The van der Waals surface area contributed by atoms with Gasteiger partial charge in [0.2, 0.25) is 5.91 Å². The zero-order chi connectivity index (χ0) is 67.2. The number of allylic oxidation sites excluding steroid dienone is 13. The quantitative estimate of drug-likeness (QED) is 0.0195. The number of nitrogens with one attached hydrogen (secondary N) is 1. The molecule has 0 radical (unpaired) electrons. The lowest BCUT2D eigenvalue weighted by Crippen LogP contribution is -2.60. The van der Waals surface area contributed by atoms with Crippen molar-refractivity contribution in [3.63, 3.8) is 0 Å². The topological polar surface area (TPSA) is 175 Å². The van der Waals surface area contributed by atoms with Crippen molar-refractivity contribution in [3.05, 3.63) is 85.1 Å². The first-order valence-corrected chi connectivity index (χ1v) is 39.4. The normalized spacial score (nSPS) is 17.9. The van der Waals surface area contributed by atoms with Crippen LogP contribution in [-0.2, 0) is 23.8 Å². The third kappa shape index (κ3) is 58.7. The van der Waals surface area contributed by atoms with E-state index in [9.17, 15) is 35.1 Å². The van der Waals surface area contributed by atoms with Gasteiger partial charge in [0, 0.05) is 12.8 Å². The van der Waals surface area contributed by atoms with Gasteiger partial charge in [0.05, 0.1) is 32.0 Å². The number of ether oxygens (including phenoxy) is 3. The van der Waals surface area contributed by atoms with E-state index in [4.69, 9.17) is 14.2 Å². The van der Waals surface area contributed by atoms with Gasteiger partial charge in [-0.15, -0.1) is 0 Å². The highest BCUT2D eigenvalue weighted by Crippen LogP contribution is 2.23. The van der Waals surface area contributed by atoms with E-state index in [0.29, 0.717) is 19.4 Å². The third-order valence-corrected chi connectivity index (χ3v) is 18.2. The number of carbonyl (C=O) groups is 2. The number of rotatable bonds is 69. The SMILES string of the molecule is CCC/C=C/CC/C=C/CC/C=C/C(O)C(COC1OC(CO)C(O)C(O)C1O)NC(=O)CCCCCCCCCCCCCCCCCCC/C=C\C/C=C\CCCCCCCCCCCCCCCCCOC(=O)CCCCCCC/C=C\C/C=C\CCCCC. The van der Waals surface area contributed by atoms with Crippen molar-refractivity contribution in [1.82, 2.24) is 5.32 Å². The van der Waals surface area contributed by atoms with Crippen LogP contribution in [-0.4, -0.2) is 100 Å². The summed E-state index contributed by atoms with van der Waals surface area (Å²) in [6.45, 7) is 4.24. The van der Waals surface area contributed by atoms with E-state index in [2.05, 4.69) is 92.1 Å². The highest BCUT2D eigenvalue weighted by atomic mass is 16.7. The van der Waals surface area contributed by atoms with E-state index >= 15 is 0 Å². The van der Waals surface area contributed by atoms with Crippen LogP contribution in [0.15, 0.2) is 85.1 Å². The number of unbranched alkanes of at least 4 members (excludes halogenated alkanes) is 43. The van der Waals surface area contributed by atoms with Gasteiger partial charge in [-0.25, -0.2) is 0 Å². The predicted molar refractivity (Wildman–Crippen MR) is 393 cm³/mol. The fraction of sp³-hybridized carbons (Fsp3) is 0.805. The molecule has 1 rings (SSSR count). The monoisotopic (exact) mass is 1310 g/mol. The van der Waals surface area contributed by atoms with E-state index in [1.807, 2.05) is 6.08 Å². The molecular formula is C82H147NO10. The maximum absolute atomic E-state index is 13.0. The van der Waals surface area contributed by atoms with E-state index in [1.165, 1.54) is 244 Å². The molecule has 0 spiro atoms. The molecule has 11 nitrogen and oxygen atoms in total. The Kier molecular flexibility index (Phi) is 66.3. The van der Waals surface area contributed by atoms with Crippen LogP contribution in [0.4, 0.5) is 0 Å². The number of hydrogen-bond acceptors (Lipinski definition) is 10. The summed E-state index contributed by atoms with van der Waals surface area (Å²) in [4.78, 5) is 25.1. The van der Waals surface area contributed by atoms with Crippen LogP contribution in [0.5, 0.6) is 0 Å². The summed E-state index contributed by atoms with van der Waals surface area (Å²) in [7, 11) is 0. The molecule has 1 aliphatic heterocycles. The Hall–Kier alpha value is -3.16. The predicted octanol–water partition coefficient (Wildman–Crippen LogP) is 21.2. The second-order valence-electron chi connectivity index (χ2n) is 27.0. The fourth-order valence-electron chi connectivity index (χ4n) is 12.0. The summed E-state index contributed by atoms with van der Waals surface area (Å²) in [5.74, 6) is -0.195. The molecule has 1 heterocycles. The molecule has 0 aromatic carbocycles. The van der Waals surface area contributed by atoms with Gasteiger partial charge in [0.25, 0.3) is 0 Å². The molecule has 0 aromatic heterocycles. The molecule has 1 saturated heterocycles. The van der Waals surface area contributed by atoms with Crippen molar-refractivity contribution < 1.29 is 49.3 Å². The molecule has 540 valence electrons. The molecule has 1 aliphatic rings. The summed E-state index contributed by atoms with van der Waals surface area (Å²) in [6.07, 6.45) is 87.7. The fourth-order valence-corrected chi connectivity index (χ4v) is 12.0. The van der Waals surface area contributed by atoms with E-state index < -0.39 is 49.5 Å². The van der Waals surface area contributed by atoms with Crippen molar-refractivity contribution in [2.24, 2.45) is 0 Å². The Morgan fingerprint density at radius 2 is 0.753 bits per heavy atom. The first-order chi connectivity index (χ1) is 45.7. The number of carbonyl (C=O) groups excluding carboxylic acids is 2. The number of esters is 1. The number of hydrogen-bond donors (Lipinski definition) is 6. The van der Waals surface area contributed by atoms with Crippen molar-refractivity contribution in [1.29, 1.82) is 0 Å². The molecule has 0 bridgehead atoms. The van der Waals surface area contributed by atoms with Gasteiger partial charge in [0.1, 0.15) is 24.4 Å². The van der Waals surface area contributed by atoms with Crippen LogP contribution in [0, 0.1) is 0 Å². The van der Waals surface area contributed by atoms with Gasteiger partial charge < -0.3 is 45.1 Å². The standard InChI is InChI=1S/C82H147NO10/c1-3-5-7-9-11-13-15-16-42-46-50-54-58-62-66-70-78(87)91-71-67-63-59-55-51-47-44-41-39-37-35-33-31-29-27-25-23-21-19-17-18-20-22-24-26-28-30-32-34-36-38-40-43-45-49-53-57-61-65-69-77(86)83-74(73-92-82-81(90)80(89)79(88)76(72-84)93-82)75(85)68-64-60-56-52-48-14-12-10-8-6-4-2/h8,10-11,13,16-18,21,23,42,48,52,64,68,74-76,79-82,84-85,88-90H,3-7,9,12,14-15,19-20,22,24-41,43-47,49-51,53-63,65-67,69-73H2,1-2H3,(H,83,86)/b10-8+,13-11-,18-17-,23-21-,42-16-,52-48+,68-64+. The lowest BCUT2D eigenvalue weighted by molar-refractivity contribution is -0.302. The minimum atomic E-state index is -1.58. The van der Waals surface area contributed by atoms with Gasteiger partial charge in [-0.1, -0.05) is 317 Å². The first kappa shape index (κ1) is 87.9. The van der Waals surface area contributed by atoms with E-state index in [-0.39, 0.29) is 18.5 Å². The minimum Gasteiger partial charge on any atom is -0.466 e. The molecule has 11 heteroatoms. The van der Waals surface area contributed by atoms with E-state index in [0.717, 1.165) is 89.9 Å². The molecule has 7 atom stereocenters. The van der Waals surface area contributed by atoms with Crippen molar-refractivity contribution in [2.45, 2.75) is 403 Å². The van der Waals surface area contributed by atoms with Crippen LogP contribution in [0.2, 0.25) is 0 Å². The maximum atomic E-state index is 13.0. The second-order valence-corrected chi connectivity index (χ2v) is 27.0. The van der Waals surface area contributed by atoms with Crippen LogP contribution < -0.4 is 5.32 Å². The van der Waals surface area contributed by atoms with Gasteiger partial charge in [0.15, 0.2) is 6.29 Å². The Labute approximate surface area is 572 Å². The van der Waals surface area contributed by atoms with Gasteiger partial charge >= 0.3 is 5.97 Å². The van der Waals surface area contributed by atoms with Crippen LogP contribution >= 0.6 is 0 Å². The lowest BCUT2D eigenvalue weighted by Gasteiger charge is -2.40. The first-order valence-electron chi connectivity index (χ1n) is 39.4. The molecule has 93 heavy (non-hydrogen) atoms. The van der Waals surface area contributed by atoms with Crippen LogP contribution in [0.25, 0.3) is 0 Å². The average molecular weight is 1310 g/mol. The average Bonchev–Trinajstić information content (AvgIpc) is 0.962. The molecule has 6 N–H and O–H groups in total. The maximum Gasteiger partial charge on any atom is 0.305 e. The second kappa shape index (κ2) is 70.2. The van der Waals surface area contributed by atoms with Crippen LogP contribution in [0.3, 0.4) is 0 Å². The number of amides is 1. The van der Waals surface area contributed by atoms with Crippen molar-refractivity contribution in [3.8, 4) is 0 Å². The largest absolute Gasteiger partial charge is 0.466 e. The molecule has 0 saturated carbocycles. The molecule has 7 unspecified atom stereocenters. The van der Waals surface area contributed by atoms with E-state index in [1.54, 1.807) is 6.08 Å². The summed E-state index contributed by atoms with van der Waals surface area (Å²) < 4.78 is 16.7. The Morgan fingerprint density at radius 3 is 1.16 bits per heavy atom. The Bertz CT molecular complexity index is 1820. The van der Waals surface area contributed by atoms with Gasteiger partial charge in [-0.05, 0) is 116 Å². The zero-order valence-electron chi connectivity index (χ0n) is 60.2. The molecule has 0 aromatic rings.